The molecule has 1 aliphatic heterocycles. The second kappa shape index (κ2) is 5.91. The van der Waals surface area contributed by atoms with Crippen LogP contribution in [0.1, 0.15) is 18.7 Å². The Morgan fingerprint density at radius 2 is 2.33 bits per heavy atom. The second-order valence-electron chi connectivity index (χ2n) is 4.62. The molecular formula is C13H16Cl2N2O. The summed E-state index contributed by atoms with van der Waals surface area (Å²) in [7, 11) is 0. The first-order chi connectivity index (χ1) is 8.31. The minimum absolute atomic E-state index is 0. The molecule has 0 amide bonds. The van der Waals surface area contributed by atoms with Crippen molar-refractivity contribution in [3.8, 4) is 0 Å². The molecule has 1 N–H and O–H groups in total. The van der Waals surface area contributed by atoms with Crippen LogP contribution in [0.2, 0.25) is 5.02 Å². The quantitative estimate of drug-likeness (QED) is 0.939. The third kappa shape index (κ3) is 2.97. The fourth-order valence-corrected chi connectivity index (χ4v) is 2.50. The van der Waals surface area contributed by atoms with E-state index in [-0.39, 0.29) is 12.4 Å². The molecule has 1 atom stereocenters. The summed E-state index contributed by atoms with van der Waals surface area (Å²) >= 11 is 5.91. The molecule has 0 bridgehead atoms. The Morgan fingerprint density at radius 3 is 3.11 bits per heavy atom. The van der Waals surface area contributed by atoms with Crippen molar-refractivity contribution in [1.29, 1.82) is 0 Å². The normalized spacial score (nSPS) is 19.1. The van der Waals surface area contributed by atoms with E-state index in [9.17, 15) is 0 Å². The van der Waals surface area contributed by atoms with E-state index in [1.807, 2.05) is 18.2 Å². The van der Waals surface area contributed by atoms with Crippen molar-refractivity contribution in [2.24, 2.45) is 5.92 Å². The predicted molar refractivity (Wildman–Crippen MR) is 75.6 cm³/mol. The number of nitrogens with one attached hydrogen (secondary N) is 1. The third-order valence-electron chi connectivity index (χ3n) is 3.32. The number of rotatable bonds is 3. The zero-order valence-electron chi connectivity index (χ0n) is 9.99. The summed E-state index contributed by atoms with van der Waals surface area (Å²) in [6.45, 7) is 2.28. The fraction of sp³-hybridized carbons (Fsp3) is 0.462. The molecule has 0 spiro atoms. The SMILES string of the molecule is Cl.Clc1ccc2nc(CCC3CCNC3)oc2c1. The van der Waals surface area contributed by atoms with Crippen molar-refractivity contribution in [3.05, 3.63) is 29.1 Å². The summed E-state index contributed by atoms with van der Waals surface area (Å²) in [5.74, 6) is 1.60. The van der Waals surface area contributed by atoms with E-state index in [0.29, 0.717) is 5.02 Å². The van der Waals surface area contributed by atoms with E-state index in [1.165, 1.54) is 6.42 Å². The molecule has 0 aliphatic carbocycles. The highest BCUT2D eigenvalue weighted by Gasteiger charge is 2.15. The average molecular weight is 287 g/mol. The summed E-state index contributed by atoms with van der Waals surface area (Å²) in [6, 6.07) is 5.57. The first kappa shape index (κ1) is 13.7. The van der Waals surface area contributed by atoms with Crippen LogP contribution in [0.5, 0.6) is 0 Å². The van der Waals surface area contributed by atoms with Gasteiger partial charge in [0.15, 0.2) is 11.5 Å². The smallest absolute Gasteiger partial charge is 0.195 e. The molecule has 1 unspecified atom stereocenters. The van der Waals surface area contributed by atoms with Crippen LogP contribution in [0.15, 0.2) is 22.6 Å². The molecule has 1 saturated heterocycles. The monoisotopic (exact) mass is 286 g/mol. The van der Waals surface area contributed by atoms with E-state index >= 15 is 0 Å². The zero-order chi connectivity index (χ0) is 11.7. The zero-order valence-corrected chi connectivity index (χ0v) is 11.6. The Balaban J connectivity index is 0.00000120. The van der Waals surface area contributed by atoms with Gasteiger partial charge in [-0.25, -0.2) is 4.98 Å². The minimum Gasteiger partial charge on any atom is -0.441 e. The van der Waals surface area contributed by atoms with Crippen LogP contribution in [0.25, 0.3) is 11.1 Å². The number of benzene rings is 1. The fourth-order valence-electron chi connectivity index (χ4n) is 2.34. The van der Waals surface area contributed by atoms with Gasteiger partial charge < -0.3 is 9.73 Å². The van der Waals surface area contributed by atoms with Gasteiger partial charge in [-0.1, -0.05) is 11.6 Å². The van der Waals surface area contributed by atoms with Crippen LogP contribution in [-0.4, -0.2) is 18.1 Å². The highest BCUT2D eigenvalue weighted by molar-refractivity contribution is 6.31. The Kier molecular flexibility index (Phi) is 4.49. The molecule has 3 nitrogen and oxygen atoms in total. The molecule has 3 rings (SSSR count). The van der Waals surface area contributed by atoms with E-state index in [1.54, 1.807) is 0 Å². The summed E-state index contributed by atoms with van der Waals surface area (Å²) in [5.41, 5.74) is 1.69. The van der Waals surface area contributed by atoms with Crippen LogP contribution in [0, 0.1) is 5.92 Å². The Bertz CT molecular complexity index is 521. The molecule has 5 heteroatoms. The largest absolute Gasteiger partial charge is 0.441 e. The first-order valence-electron chi connectivity index (χ1n) is 6.07. The Labute approximate surface area is 117 Å². The van der Waals surface area contributed by atoms with Crippen LogP contribution in [0.4, 0.5) is 0 Å². The van der Waals surface area contributed by atoms with Gasteiger partial charge in [-0.05, 0) is 44.0 Å². The van der Waals surface area contributed by atoms with Crippen LogP contribution in [-0.2, 0) is 6.42 Å². The average Bonchev–Trinajstić information content (AvgIpc) is 2.94. The molecule has 0 radical (unpaired) electrons. The van der Waals surface area contributed by atoms with Gasteiger partial charge >= 0.3 is 0 Å². The van der Waals surface area contributed by atoms with Gasteiger partial charge in [-0.3, -0.25) is 0 Å². The summed E-state index contributed by atoms with van der Waals surface area (Å²) in [5, 5.41) is 4.07. The maximum atomic E-state index is 5.91. The lowest BCUT2D eigenvalue weighted by Crippen LogP contribution is -2.09. The molecule has 1 aromatic carbocycles. The summed E-state index contributed by atoms with van der Waals surface area (Å²) in [4.78, 5) is 4.47. The Hall–Kier alpha value is -0.770. The van der Waals surface area contributed by atoms with Crippen molar-refractivity contribution in [2.45, 2.75) is 19.3 Å². The van der Waals surface area contributed by atoms with Crippen molar-refractivity contribution >= 4 is 35.1 Å². The number of hydrogen-bond acceptors (Lipinski definition) is 3. The van der Waals surface area contributed by atoms with Crippen LogP contribution in [0.3, 0.4) is 0 Å². The molecule has 98 valence electrons. The molecule has 0 saturated carbocycles. The molecule has 1 aliphatic rings. The van der Waals surface area contributed by atoms with Crippen molar-refractivity contribution in [2.75, 3.05) is 13.1 Å². The molecule has 1 fully saturated rings. The lowest BCUT2D eigenvalue weighted by Gasteiger charge is -2.04. The highest BCUT2D eigenvalue weighted by Crippen LogP contribution is 2.22. The van der Waals surface area contributed by atoms with E-state index in [0.717, 1.165) is 48.8 Å². The van der Waals surface area contributed by atoms with Gasteiger partial charge in [0.2, 0.25) is 0 Å². The van der Waals surface area contributed by atoms with E-state index < -0.39 is 0 Å². The first-order valence-corrected chi connectivity index (χ1v) is 6.45. The lowest BCUT2D eigenvalue weighted by molar-refractivity contribution is 0.466. The summed E-state index contributed by atoms with van der Waals surface area (Å²) < 4.78 is 5.69. The van der Waals surface area contributed by atoms with Gasteiger partial charge in [0.05, 0.1) is 0 Å². The van der Waals surface area contributed by atoms with Gasteiger partial charge in [-0.15, -0.1) is 12.4 Å². The minimum atomic E-state index is 0. The van der Waals surface area contributed by atoms with Crippen LogP contribution < -0.4 is 5.32 Å². The second-order valence-corrected chi connectivity index (χ2v) is 5.05. The lowest BCUT2D eigenvalue weighted by atomic mass is 10.0. The van der Waals surface area contributed by atoms with E-state index in [2.05, 4.69) is 10.3 Å². The van der Waals surface area contributed by atoms with Crippen molar-refractivity contribution in [1.82, 2.24) is 10.3 Å². The summed E-state index contributed by atoms with van der Waals surface area (Å²) in [6.07, 6.45) is 3.33. The molecular weight excluding hydrogens is 271 g/mol. The van der Waals surface area contributed by atoms with Gasteiger partial charge in [0, 0.05) is 17.5 Å². The molecule has 2 heterocycles. The number of oxazole rings is 1. The van der Waals surface area contributed by atoms with Gasteiger partial charge in [-0.2, -0.15) is 0 Å². The number of halogens is 2. The number of aromatic nitrogens is 1. The number of aryl methyl sites for hydroxylation is 1. The van der Waals surface area contributed by atoms with Gasteiger partial charge in [0.25, 0.3) is 0 Å². The van der Waals surface area contributed by atoms with Crippen molar-refractivity contribution < 1.29 is 4.42 Å². The third-order valence-corrected chi connectivity index (χ3v) is 3.56. The topological polar surface area (TPSA) is 38.1 Å². The van der Waals surface area contributed by atoms with Crippen LogP contribution >= 0.6 is 24.0 Å². The maximum Gasteiger partial charge on any atom is 0.195 e. The van der Waals surface area contributed by atoms with Gasteiger partial charge in [0.1, 0.15) is 5.52 Å². The Morgan fingerprint density at radius 1 is 1.44 bits per heavy atom. The number of nitrogens with zero attached hydrogens (tertiary/aromatic N) is 1. The number of fused-ring (bicyclic) bond motifs is 1. The predicted octanol–water partition coefficient (Wildman–Crippen LogP) is 3.45. The standard InChI is InChI=1S/C13H15ClN2O.ClH/c14-10-2-3-11-12(7-10)17-13(16-11)4-1-9-5-6-15-8-9;/h2-3,7,9,15H,1,4-6,8H2;1H. The maximum absolute atomic E-state index is 5.91. The molecule has 1 aromatic heterocycles. The molecule has 18 heavy (non-hydrogen) atoms. The van der Waals surface area contributed by atoms with E-state index in [4.69, 9.17) is 16.0 Å². The van der Waals surface area contributed by atoms with Crippen molar-refractivity contribution in [3.63, 3.8) is 0 Å². The highest BCUT2D eigenvalue weighted by atomic mass is 35.5. The molecule has 2 aromatic rings. The number of hydrogen-bond donors (Lipinski definition) is 1.